The second kappa shape index (κ2) is 8.35. The van der Waals surface area contributed by atoms with Gasteiger partial charge in [0.15, 0.2) is 0 Å². The Bertz CT molecular complexity index is 1250. The van der Waals surface area contributed by atoms with Crippen molar-refractivity contribution in [1.82, 2.24) is 14.8 Å². The molecular formula is C29H32N4. The van der Waals surface area contributed by atoms with Gasteiger partial charge in [0.2, 0.25) is 0 Å². The minimum Gasteiger partial charge on any atom is -0.361 e. The molecule has 0 bridgehead atoms. The van der Waals surface area contributed by atoms with Gasteiger partial charge >= 0.3 is 0 Å². The largest absolute Gasteiger partial charge is 0.361 e. The van der Waals surface area contributed by atoms with E-state index in [0.717, 1.165) is 30.8 Å². The molecule has 6 rings (SSSR count). The molecule has 0 amide bonds. The molecule has 0 unspecified atom stereocenters. The molecule has 33 heavy (non-hydrogen) atoms. The van der Waals surface area contributed by atoms with Crippen LogP contribution in [0.15, 0.2) is 66.5 Å². The number of hydrogen-bond acceptors (Lipinski definition) is 4. The summed E-state index contributed by atoms with van der Waals surface area (Å²) in [6.07, 6.45) is 10.4. The summed E-state index contributed by atoms with van der Waals surface area (Å²) < 4.78 is 0. The molecule has 3 aliphatic rings. The molecule has 0 atom stereocenters. The van der Waals surface area contributed by atoms with Gasteiger partial charge in [0.1, 0.15) is 0 Å². The van der Waals surface area contributed by atoms with Crippen LogP contribution in [0.5, 0.6) is 0 Å². The van der Waals surface area contributed by atoms with Gasteiger partial charge < -0.3 is 14.7 Å². The molecule has 4 nitrogen and oxygen atoms in total. The fraction of sp³-hybridized carbons (Fsp3) is 0.345. The predicted molar refractivity (Wildman–Crippen MR) is 137 cm³/mol. The van der Waals surface area contributed by atoms with Crippen molar-refractivity contribution in [3.8, 4) is 0 Å². The number of nitrogens with zero attached hydrogens (tertiary/aromatic N) is 4. The van der Waals surface area contributed by atoms with Crippen molar-refractivity contribution >= 4 is 22.7 Å². The number of likely N-dealkylation sites (tertiary alicyclic amines) is 1. The summed E-state index contributed by atoms with van der Waals surface area (Å²) in [4.78, 5) is 12.1. The molecule has 0 saturated carbocycles. The number of anilines is 1. The van der Waals surface area contributed by atoms with Gasteiger partial charge in [0, 0.05) is 36.4 Å². The van der Waals surface area contributed by atoms with Gasteiger partial charge in [-0.1, -0.05) is 36.4 Å². The molecule has 0 aliphatic carbocycles. The molecule has 1 aromatic heterocycles. The molecule has 4 heterocycles. The average Bonchev–Trinajstić information content (AvgIpc) is 3.23. The number of rotatable bonds is 4. The third-order valence-electron chi connectivity index (χ3n) is 7.54. The van der Waals surface area contributed by atoms with E-state index < -0.39 is 0 Å². The summed E-state index contributed by atoms with van der Waals surface area (Å²) in [7, 11) is 2.14. The van der Waals surface area contributed by atoms with Gasteiger partial charge in [-0.05, 0) is 80.6 Å². The number of pyridine rings is 1. The van der Waals surface area contributed by atoms with Crippen LogP contribution >= 0.6 is 0 Å². The summed E-state index contributed by atoms with van der Waals surface area (Å²) in [5.41, 5.74) is 9.23. The quantitative estimate of drug-likeness (QED) is 0.535. The number of allylic oxidation sites excluding steroid dienone is 1. The van der Waals surface area contributed by atoms with Gasteiger partial charge in [-0.25, -0.2) is 0 Å². The first-order valence-electron chi connectivity index (χ1n) is 12.2. The molecular weight excluding hydrogens is 404 g/mol. The van der Waals surface area contributed by atoms with E-state index >= 15 is 0 Å². The maximum Gasteiger partial charge on any atom is 0.0945 e. The summed E-state index contributed by atoms with van der Waals surface area (Å²) in [5.74, 6) is 0.638. The van der Waals surface area contributed by atoms with E-state index in [-0.39, 0.29) is 0 Å². The molecule has 168 valence electrons. The van der Waals surface area contributed by atoms with Crippen molar-refractivity contribution in [3.05, 3.63) is 88.9 Å². The van der Waals surface area contributed by atoms with Crippen LogP contribution in [-0.2, 0) is 6.42 Å². The van der Waals surface area contributed by atoms with Gasteiger partial charge in [-0.2, -0.15) is 0 Å². The molecule has 4 heteroatoms. The Hall–Kier alpha value is -3.11. The summed E-state index contributed by atoms with van der Waals surface area (Å²) in [5, 5.41) is 1.34. The third-order valence-corrected chi connectivity index (χ3v) is 7.54. The number of piperidine rings is 1. The van der Waals surface area contributed by atoms with Crippen LogP contribution in [0.3, 0.4) is 0 Å². The number of aryl methyl sites for hydroxylation is 1. The van der Waals surface area contributed by atoms with Crippen LogP contribution in [0, 0.1) is 6.92 Å². The van der Waals surface area contributed by atoms with Crippen LogP contribution < -0.4 is 4.90 Å². The standard InChI is InChI=1S/C29H32N4/c1-21-9-11-27-25(6-4-7-28(27)30-21)23-14-17-32(18-15-23)16-13-22-5-3-8-29-26(22)12-10-24-19-31(2)20-33(24)29/h3-12,19,23H,13-18,20H2,1-2H3. The van der Waals surface area contributed by atoms with E-state index in [1.165, 1.54) is 59.4 Å². The second-order valence-corrected chi connectivity index (χ2v) is 9.80. The zero-order chi connectivity index (χ0) is 22.4. The van der Waals surface area contributed by atoms with Crippen LogP contribution in [0.2, 0.25) is 0 Å². The molecule has 3 aromatic rings. The highest BCUT2D eigenvalue weighted by atomic mass is 15.3. The normalized spacial score (nSPS) is 18.5. The van der Waals surface area contributed by atoms with Gasteiger partial charge in [0.25, 0.3) is 0 Å². The number of benzene rings is 2. The Morgan fingerprint density at radius 2 is 1.82 bits per heavy atom. The van der Waals surface area contributed by atoms with E-state index in [1.54, 1.807) is 0 Å². The zero-order valence-corrected chi connectivity index (χ0v) is 19.7. The number of fused-ring (bicyclic) bond motifs is 4. The Morgan fingerprint density at radius 3 is 2.70 bits per heavy atom. The monoisotopic (exact) mass is 436 g/mol. The number of aromatic nitrogens is 1. The smallest absolute Gasteiger partial charge is 0.0945 e. The van der Waals surface area contributed by atoms with E-state index in [1.807, 2.05) is 0 Å². The lowest BCUT2D eigenvalue weighted by atomic mass is 9.87. The van der Waals surface area contributed by atoms with E-state index in [2.05, 4.69) is 95.6 Å². The fourth-order valence-corrected chi connectivity index (χ4v) is 5.79. The summed E-state index contributed by atoms with van der Waals surface area (Å²) in [6, 6.07) is 17.9. The Labute approximate surface area is 196 Å². The minimum atomic E-state index is 0.638. The van der Waals surface area contributed by atoms with Gasteiger partial charge in [-0.15, -0.1) is 0 Å². The molecule has 1 fully saturated rings. The minimum absolute atomic E-state index is 0.638. The van der Waals surface area contributed by atoms with E-state index in [9.17, 15) is 0 Å². The van der Waals surface area contributed by atoms with Gasteiger partial charge in [0.05, 0.1) is 23.6 Å². The third kappa shape index (κ3) is 3.83. The van der Waals surface area contributed by atoms with Crippen molar-refractivity contribution in [1.29, 1.82) is 0 Å². The van der Waals surface area contributed by atoms with Crippen LogP contribution in [-0.4, -0.2) is 48.1 Å². The van der Waals surface area contributed by atoms with Crippen molar-refractivity contribution in [2.75, 3.05) is 38.3 Å². The van der Waals surface area contributed by atoms with Crippen LogP contribution in [0.25, 0.3) is 17.0 Å². The highest BCUT2D eigenvalue weighted by Gasteiger charge is 2.25. The highest BCUT2D eigenvalue weighted by molar-refractivity contribution is 5.83. The molecule has 0 spiro atoms. The Morgan fingerprint density at radius 1 is 0.970 bits per heavy atom. The van der Waals surface area contributed by atoms with E-state index in [0.29, 0.717) is 5.92 Å². The maximum absolute atomic E-state index is 4.74. The van der Waals surface area contributed by atoms with E-state index in [4.69, 9.17) is 4.98 Å². The van der Waals surface area contributed by atoms with Crippen LogP contribution in [0.4, 0.5) is 5.69 Å². The van der Waals surface area contributed by atoms with Crippen molar-refractivity contribution < 1.29 is 0 Å². The molecule has 0 N–H and O–H groups in total. The first kappa shape index (κ1) is 20.5. The Kier molecular flexibility index (Phi) is 5.18. The second-order valence-electron chi connectivity index (χ2n) is 9.80. The lowest BCUT2D eigenvalue weighted by molar-refractivity contribution is 0.215. The maximum atomic E-state index is 4.74. The average molecular weight is 437 g/mol. The predicted octanol–water partition coefficient (Wildman–Crippen LogP) is 5.54. The van der Waals surface area contributed by atoms with Crippen molar-refractivity contribution in [3.63, 3.8) is 0 Å². The zero-order valence-electron chi connectivity index (χ0n) is 19.7. The fourth-order valence-electron chi connectivity index (χ4n) is 5.79. The SMILES string of the molecule is Cc1ccc2c(C3CCN(CCc4cccc5c4C=CC4=CN(C)CN45)CC3)cccc2n1. The van der Waals surface area contributed by atoms with Gasteiger partial charge in [-0.3, -0.25) is 4.98 Å². The first-order chi connectivity index (χ1) is 16.2. The summed E-state index contributed by atoms with van der Waals surface area (Å²) in [6.45, 7) is 6.50. The van der Waals surface area contributed by atoms with Crippen LogP contribution in [0.1, 0.15) is 41.1 Å². The topological polar surface area (TPSA) is 22.6 Å². The molecule has 1 saturated heterocycles. The number of hydrogen-bond donors (Lipinski definition) is 0. The molecule has 2 aromatic carbocycles. The Balaban J connectivity index is 1.12. The van der Waals surface area contributed by atoms with Crippen molar-refractivity contribution in [2.24, 2.45) is 0 Å². The molecule has 0 radical (unpaired) electrons. The highest BCUT2D eigenvalue weighted by Crippen LogP contribution is 2.36. The first-order valence-corrected chi connectivity index (χ1v) is 12.2. The van der Waals surface area contributed by atoms with Crippen molar-refractivity contribution in [2.45, 2.75) is 32.1 Å². The summed E-state index contributed by atoms with van der Waals surface area (Å²) >= 11 is 0. The lowest BCUT2D eigenvalue weighted by Crippen LogP contribution is -2.34. The lowest BCUT2D eigenvalue weighted by Gasteiger charge is -2.33. The molecule has 3 aliphatic heterocycles.